The lowest BCUT2D eigenvalue weighted by Gasteiger charge is -2.32. The molecule has 11 heteroatoms. The first-order valence-electron chi connectivity index (χ1n) is 11.0. The van der Waals surface area contributed by atoms with Gasteiger partial charge in [-0.2, -0.15) is 13.2 Å². The van der Waals surface area contributed by atoms with Crippen molar-refractivity contribution in [2.24, 2.45) is 4.99 Å². The summed E-state index contributed by atoms with van der Waals surface area (Å²) in [5.74, 6) is -0.831. The third-order valence-corrected chi connectivity index (χ3v) is 6.61. The largest absolute Gasteiger partial charge is 0.497 e. The third-order valence-electron chi connectivity index (χ3n) is 5.42. The van der Waals surface area contributed by atoms with Crippen molar-refractivity contribution >= 4 is 40.1 Å². The van der Waals surface area contributed by atoms with Crippen LogP contribution in [0.5, 0.6) is 5.75 Å². The number of nitrogens with one attached hydrogen (secondary N) is 1. The molecule has 192 valence electrons. The van der Waals surface area contributed by atoms with E-state index in [0.717, 1.165) is 23.9 Å². The quantitative estimate of drug-likeness (QED) is 0.396. The summed E-state index contributed by atoms with van der Waals surface area (Å²) in [5.41, 5.74) is 0.135. The lowest BCUT2D eigenvalue weighted by Crippen LogP contribution is -2.44. The molecule has 1 heterocycles. The second-order valence-electron chi connectivity index (χ2n) is 8.08. The minimum Gasteiger partial charge on any atom is -0.497 e. The molecule has 0 aromatic heterocycles. The Bertz CT molecular complexity index is 1330. The fourth-order valence-electron chi connectivity index (χ4n) is 3.55. The molecule has 1 N–H and O–H groups in total. The van der Waals surface area contributed by atoms with Gasteiger partial charge in [0.25, 0.3) is 0 Å². The van der Waals surface area contributed by atoms with E-state index in [4.69, 9.17) is 4.74 Å². The number of ether oxygens (including phenoxy) is 1. The maximum atomic E-state index is 13.4. The number of anilines is 1. The number of aliphatic imine (C=N–C) groups is 1. The van der Waals surface area contributed by atoms with Crippen molar-refractivity contribution in [2.75, 3.05) is 12.4 Å². The summed E-state index contributed by atoms with van der Waals surface area (Å²) in [5, 5.41) is 1.91. The smallest absolute Gasteiger partial charge is 0.416 e. The highest BCUT2D eigenvalue weighted by Crippen LogP contribution is 2.34. The number of carbonyl (C=O) groups excluding carboxylic acids is 2. The van der Waals surface area contributed by atoms with Gasteiger partial charge in [-0.3, -0.25) is 14.5 Å². The normalized spacial score (nSPS) is 17.1. The highest BCUT2D eigenvalue weighted by Gasteiger charge is 2.36. The van der Waals surface area contributed by atoms with E-state index >= 15 is 0 Å². The molecular weight excluding hydrogens is 510 g/mol. The number of alkyl halides is 3. The molecule has 6 nitrogen and oxygen atoms in total. The average Bonchev–Trinajstić information content (AvgIpc) is 2.87. The number of halogens is 4. The number of amides is 2. The highest BCUT2D eigenvalue weighted by molar-refractivity contribution is 8.15. The molecule has 2 amide bonds. The summed E-state index contributed by atoms with van der Waals surface area (Å²) in [6.45, 7) is 0.00807. The van der Waals surface area contributed by atoms with E-state index in [2.05, 4.69) is 10.3 Å². The zero-order valence-corrected chi connectivity index (χ0v) is 20.3. The molecule has 3 aromatic carbocycles. The van der Waals surface area contributed by atoms with Crippen LogP contribution in [0, 0.1) is 5.82 Å². The van der Waals surface area contributed by atoms with Crippen molar-refractivity contribution in [3.63, 3.8) is 0 Å². The highest BCUT2D eigenvalue weighted by atomic mass is 32.2. The number of nitrogens with zero attached hydrogens (tertiary/aromatic N) is 2. The zero-order valence-electron chi connectivity index (χ0n) is 19.5. The van der Waals surface area contributed by atoms with Crippen LogP contribution >= 0.6 is 11.8 Å². The van der Waals surface area contributed by atoms with Gasteiger partial charge in [0.1, 0.15) is 16.8 Å². The Hall–Kier alpha value is -3.86. The van der Waals surface area contributed by atoms with Crippen LogP contribution in [0.1, 0.15) is 17.5 Å². The molecule has 0 aliphatic carbocycles. The third kappa shape index (κ3) is 6.67. The van der Waals surface area contributed by atoms with Crippen molar-refractivity contribution in [1.29, 1.82) is 0 Å². The summed E-state index contributed by atoms with van der Waals surface area (Å²) < 4.78 is 58.2. The molecule has 1 aliphatic heterocycles. The van der Waals surface area contributed by atoms with Crippen LogP contribution < -0.4 is 10.1 Å². The Kier molecular flexibility index (Phi) is 7.82. The second kappa shape index (κ2) is 11.0. The SMILES string of the molecule is COc1cccc(NC(=O)C2CC(=O)N(Cc3ccc(F)cc3)C(=Nc3cccc(C(F)(F)F)c3)S2)c1. The standard InChI is InChI=1S/C26H21F4N3O3S/c1-36-21-7-3-6-20(13-21)31-24(35)22-14-23(34)33(15-16-8-10-18(27)11-9-16)25(37-22)32-19-5-2-4-17(12-19)26(28,29)30/h2-13,22H,14-15H2,1H3,(H,31,35). The molecule has 0 bridgehead atoms. The maximum absolute atomic E-state index is 13.4. The topological polar surface area (TPSA) is 71.0 Å². The summed E-state index contributed by atoms with van der Waals surface area (Å²) in [6.07, 6.45) is -4.73. The van der Waals surface area contributed by atoms with Crippen molar-refractivity contribution in [1.82, 2.24) is 4.90 Å². The summed E-state index contributed by atoms with van der Waals surface area (Å²) in [7, 11) is 1.49. The van der Waals surface area contributed by atoms with Gasteiger partial charge >= 0.3 is 6.18 Å². The summed E-state index contributed by atoms with van der Waals surface area (Å²) in [4.78, 5) is 31.7. The van der Waals surface area contributed by atoms with E-state index in [1.807, 2.05) is 0 Å². The predicted octanol–water partition coefficient (Wildman–Crippen LogP) is 6.01. The van der Waals surface area contributed by atoms with Crippen molar-refractivity contribution < 1.29 is 31.9 Å². The predicted molar refractivity (Wildman–Crippen MR) is 133 cm³/mol. The van der Waals surface area contributed by atoms with Gasteiger partial charge < -0.3 is 10.1 Å². The number of rotatable bonds is 6. The maximum Gasteiger partial charge on any atom is 0.416 e. The van der Waals surface area contributed by atoms with E-state index in [0.29, 0.717) is 17.0 Å². The molecule has 0 saturated carbocycles. The van der Waals surface area contributed by atoms with Gasteiger partial charge in [-0.15, -0.1) is 0 Å². The molecule has 4 rings (SSSR count). The molecule has 1 fully saturated rings. The van der Waals surface area contributed by atoms with Crippen LogP contribution in [0.15, 0.2) is 77.8 Å². The Morgan fingerprint density at radius 1 is 1.11 bits per heavy atom. The molecule has 1 atom stereocenters. The van der Waals surface area contributed by atoms with Crippen molar-refractivity contribution in [3.8, 4) is 5.75 Å². The number of hydrogen-bond donors (Lipinski definition) is 1. The van der Waals surface area contributed by atoms with Crippen LogP contribution in [-0.2, 0) is 22.3 Å². The first-order chi connectivity index (χ1) is 17.6. The van der Waals surface area contributed by atoms with E-state index in [9.17, 15) is 27.2 Å². The number of carbonyl (C=O) groups is 2. The fraction of sp³-hybridized carbons (Fsp3) is 0.192. The van der Waals surface area contributed by atoms with Gasteiger partial charge in [0.05, 0.1) is 24.9 Å². The van der Waals surface area contributed by atoms with Crippen molar-refractivity contribution in [3.05, 3.63) is 89.7 Å². The monoisotopic (exact) mass is 531 g/mol. The number of methoxy groups -OCH3 is 1. The molecular formula is C26H21F4N3O3S. The Morgan fingerprint density at radius 2 is 1.84 bits per heavy atom. The van der Waals surface area contributed by atoms with E-state index < -0.39 is 34.6 Å². The lowest BCUT2D eigenvalue weighted by atomic mass is 10.2. The van der Waals surface area contributed by atoms with E-state index in [-0.39, 0.29) is 23.8 Å². The number of hydrogen-bond acceptors (Lipinski definition) is 5. The van der Waals surface area contributed by atoms with Gasteiger partial charge in [0.2, 0.25) is 11.8 Å². The van der Waals surface area contributed by atoms with Crippen LogP contribution in [0.4, 0.5) is 28.9 Å². The van der Waals surface area contributed by atoms with Crippen LogP contribution in [0.2, 0.25) is 0 Å². The van der Waals surface area contributed by atoms with Gasteiger partial charge in [-0.25, -0.2) is 9.38 Å². The minimum absolute atomic E-state index is 0.00807. The van der Waals surface area contributed by atoms with E-state index in [1.54, 1.807) is 24.3 Å². The fourth-order valence-corrected chi connectivity index (χ4v) is 4.65. The van der Waals surface area contributed by atoms with Crippen LogP contribution in [-0.4, -0.2) is 34.2 Å². The molecule has 37 heavy (non-hydrogen) atoms. The second-order valence-corrected chi connectivity index (χ2v) is 9.25. The first-order valence-corrected chi connectivity index (χ1v) is 11.9. The molecule has 0 spiro atoms. The van der Waals surface area contributed by atoms with Crippen LogP contribution in [0.25, 0.3) is 0 Å². The van der Waals surface area contributed by atoms with E-state index in [1.165, 1.54) is 48.4 Å². The lowest BCUT2D eigenvalue weighted by molar-refractivity contribution is -0.137. The summed E-state index contributed by atoms with van der Waals surface area (Å²) >= 11 is 0.968. The number of benzene rings is 3. The first kappa shape index (κ1) is 26.2. The number of thioether (sulfide) groups is 1. The Balaban J connectivity index is 1.63. The Morgan fingerprint density at radius 3 is 2.54 bits per heavy atom. The molecule has 1 saturated heterocycles. The van der Waals surface area contributed by atoms with Gasteiger partial charge in [-0.1, -0.05) is 36.0 Å². The molecule has 1 aliphatic rings. The Labute approximate surface area is 214 Å². The molecule has 1 unspecified atom stereocenters. The van der Waals surface area contributed by atoms with Crippen LogP contribution in [0.3, 0.4) is 0 Å². The van der Waals surface area contributed by atoms with Gasteiger partial charge in [0.15, 0.2) is 5.17 Å². The van der Waals surface area contributed by atoms with Gasteiger partial charge in [-0.05, 0) is 48.0 Å². The van der Waals surface area contributed by atoms with Crippen molar-refractivity contribution in [2.45, 2.75) is 24.4 Å². The summed E-state index contributed by atoms with van der Waals surface area (Å²) in [6, 6.07) is 16.5. The molecule has 3 aromatic rings. The number of amidine groups is 1. The average molecular weight is 532 g/mol. The molecule has 0 radical (unpaired) electrons. The van der Waals surface area contributed by atoms with Gasteiger partial charge in [0, 0.05) is 18.2 Å². The minimum atomic E-state index is -4.57. The zero-order chi connectivity index (χ0) is 26.6.